The van der Waals surface area contributed by atoms with Crippen LogP contribution in [0.15, 0.2) is 29.1 Å². The van der Waals surface area contributed by atoms with Crippen molar-refractivity contribution in [1.29, 1.82) is 0 Å². The summed E-state index contributed by atoms with van der Waals surface area (Å²) in [6.45, 7) is 3.43. The van der Waals surface area contributed by atoms with Crippen molar-refractivity contribution >= 4 is 17.6 Å². The number of nitrogens with zero attached hydrogens (tertiary/aromatic N) is 1. The molecule has 9 heteroatoms. The maximum Gasteiger partial charge on any atom is 0.338 e. The maximum atomic E-state index is 12.3. The van der Waals surface area contributed by atoms with Crippen LogP contribution in [0.5, 0.6) is 0 Å². The smallest absolute Gasteiger partial charge is 0.338 e. The summed E-state index contributed by atoms with van der Waals surface area (Å²) in [6, 6.07) is 5.04. The zero-order valence-corrected chi connectivity index (χ0v) is 14.4. The number of hydrogen-bond donors (Lipinski definition) is 2. The number of aromatic nitrogens is 1. The number of nitro benzene ring substituents is 1. The molecule has 0 saturated carbocycles. The van der Waals surface area contributed by atoms with E-state index >= 15 is 0 Å². The fraction of sp³-hybridized carbons (Fsp3) is 0.235. The number of aromatic amines is 1. The number of amides is 1. The number of rotatable bonds is 5. The maximum absolute atomic E-state index is 12.3. The lowest BCUT2D eigenvalue weighted by Gasteiger charge is -2.09. The molecule has 9 nitrogen and oxygen atoms in total. The van der Waals surface area contributed by atoms with Crippen LogP contribution in [0.1, 0.15) is 37.5 Å². The van der Waals surface area contributed by atoms with Crippen molar-refractivity contribution in [2.24, 2.45) is 0 Å². The molecule has 0 aliphatic carbocycles. The van der Waals surface area contributed by atoms with Crippen LogP contribution >= 0.6 is 0 Å². The van der Waals surface area contributed by atoms with Crippen molar-refractivity contribution in [2.45, 2.75) is 20.4 Å². The lowest BCUT2D eigenvalue weighted by atomic mass is 10.1. The molecule has 1 aromatic heterocycles. The number of esters is 1. The van der Waals surface area contributed by atoms with Gasteiger partial charge >= 0.3 is 5.97 Å². The third-order valence-corrected chi connectivity index (χ3v) is 3.73. The van der Waals surface area contributed by atoms with Crippen molar-refractivity contribution in [3.05, 3.63) is 72.7 Å². The SMILES string of the molecule is COC(=O)c1cc(C(=O)NCc2c(C)cc(C)[nH]c2=O)cc([N+](=O)[O-])c1. The summed E-state index contributed by atoms with van der Waals surface area (Å²) in [5, 5.41) is 13.5. The highest BCUT2D eigenvalue weighted by atomic mass is 16.6. The molecule has 0 fully saturated rings. The molecule has 0 bridgehead atoms. The summed E-state index contributed by atoms with van der Waals surface area (Å²) in [5.74, 6) is -1.45. The normalized spacial score (nSPS) is 10.3. The van der Waals surface area contributed by atoms with Crippen molar-refractivity contribution in [1.82, 2.24) is 10.3 Å². The molecule has 1 amide bonds. The first-order chi connectivity index (χ1) is 12.2. The van der Waals surface area contributed by atoms with E-state index in [4.69, 9.17) is 0 Å². The standard InChI is InChI=1S/C17H17N3O6/c1-9-4-10(2)19-16(22)14(9)8-18-15(21)11-5-12(17(23)26-3)7-13(6-11)20(24)25/h4-7H,8H2,1-3H3,(H,18,21)(H,19,22). The molecule has 136 valence electrons. The predicted molar refractivity (Wildman–Crippen MR) is 92.1 cm³/mol. The van der Waals surface area contributed by atoms with E-state index < -0.39 is 22.5 Å². The van der Waals surface area contributed by atoms with Gasteiger partial charge in [-0.2, -0.15) is 0 Å². The number of non-ortho nitro benzene ring substituents is 1. The average molecular weight is 359 g/mol. The molecular formula is C17H17N3O6. The third-order valence-electron chi connectivity index (χ3n) is 3.73. The summed E-state index contributed by atoms with van der Waals surface area (Å²) < 4.78 is 4.54. The number of nitro groups is 1. The Labute approximate surface area is 148 Å². The minimum absolute atomic E-state index is 0.0590. The molecule has 1 heterocycles. The van der Waals surface area contributed by atoms with E-state index in [0.717, 1.165) is 19.2 Å². The van der Waals surface area contributed by atoms with Crippen molar-refractivity contribution in [3.8, 4) is 0 Å². The zero-order valence-electron chi connectivity index (χ0n) is 14.4. The summed E-state index contributed by atoms with van der Waals surface area (Å²) in [7, 11) is 1.13. The number of aryl methyl sites for hydroxylation is 2. The lowest BCUT2D eigenvalue weighted by molar-refractivity contribution is -0.384. The molecule has 2 aromatic rings. The van der Waals surface area contributed by atoms with Crippen molar-refractivity contribution in [3.63, 3.8) is 0 Å². The number of H-pyrrole nitrogens is 1. The minimum atomic E-state index is -0.798. The van der Waals surface area contributed by atoms with E-state index in [1.165, 1.54) is 6.07 Å². The van der Waals surface area contributed by atoms with Gasteiger partial charge in [0.05, 0.1) is 17.6 Å². The molecular weight excluding hydrogens is 342 g/mol. The van der Waals surface area contributed by atoms with Crippen LogP contribution in [0.3, 0.4) is 0 Å². The monoisotopic (exact) mass is 359 g/mol. The summed E-state index contributed by atoms with van der Waals surface area (Å²) in [4.78, 5) is 48.9. The van der Waals surface area contributed by atoms with Gasteiger partial charge < -0.3 is 15.0 Å². The molecule has 0 atom stereocenters. The number of pyridine rings is 1. The first-order valence-electron chi connectivity index (χ1n) is 7.58. The van der Waals surface area contributed by atoms with E-state index in [2.05, 4.69) is 15.0 Å². The Balaban J connectivity index is 2.29. The third kappa shape index (κ3) is 4.12. The van der Waals surface area contributed by atoms with Crippen LogP contribution in [0.2, 0.25) is 0 Å². The van der Waals surface area contributed by atoms with Gasteiger partial charge in [0.1, 0.15) is 0 Å². The lowest BCUT2D eigenvalue weighted by Crippen LogP contribution is -2.28. The number of methoxy groups -OCH3 is 1. The highest BCUT2D eigenvalue weighted by molar-refractivity contribution is 5.98. The first-order valence-corrected chi connectivity index (χ1v) is 7.58. The second-order valence-corrected chi connectivity index (χ2v) is 5.64. The molecule has 0 spiro atoms. The number of carbonyl (C=O) groups is 2. The van der Waals surface area contributed by atoms with E-state index in [-0.39, 0.29) is 23.2 Å². The van der Waals surface area contributed by atoms with E-state index in [1.807, 2.05) is 0 Å². The van der Waals surface area contributed by atoms with Gasteiger partial charge in [0.15, 0.2) is 0 Å². The number of nitrogens with one attached hydrogen (secondary N) is 2. The second-order valence-electron chi connectivity index (χ2n) is 5.64. The Kier molecular flexibility index (Phi) is 5.51. The van der Waals surface area contributed by atoms with E-state index in [9.17, 15) is 24.5 Å². The van der Waals surface area contributed by atoms with Gasteiger partial charge in [0.2, 0.25) is 0 Å². The van der Waals surface area contributed by atoms with Crippen molar-refractivity contribution < 1.29 is 19.2 Å². The van der Waals surface area contributed by atoms with Crippen LogP contribution in [-0.4, -0.2) is 28.9 Å². The molecule has 0 aliphatic heterocycles. The number of hydrogen-bond acceptors (Lipinski definition) is 6. The van der Waals surface area contributed by atoms with Gasteiger partial charge in [-0.3, -0.25) is 19.7 Å². The topological polar surface area (TPSA) is 131 Å². The fourth-order valence-corrected chi connectivity index (χ4v) is 2.46. The van der Waals surface area contributed by atoms with Crippen LogP contribution in [0.25, 0.3) is 0 Å². The van der Waals surface area contributed by atoms with Crippen LogP contribution in [-0.2, 0) is 11.3 Å². The summed E-state index contributed by atoms with van der Waals surface area (Å²) >= 11 is 0. The largest absolute Gasteiger partial charge is 0.465 e. The van der Waals surface area contributed by atoms with Gasteiger partial charge in [0.25, 0.3) is 17.2 Å². The van der Waals surface area contributed by atoms with Gasteiger partial charge in [-0.15, -0.1) is 0 Å². The molecule has 2 rings (SSSR count). The van der Waals surface area contributed by atoms with E-state index in [1.54, 1.807) is 19.9 Å². The Hall–Kier alpha value is -3.49. The van der Waals surface area contributed by atoms with Gasteiger partial charge in [-0.1, -0.05) is 0 Å². The molecule has 2 N–H and O–H groups in total. The average Bonchev–Trinajstić information content (AvgIpc) is 2.59. The molecule has 0 radical (unpaired) electrons. The Morgan fingerprint density at radius 2 is 1.85 bits per heavy atom. The molecule has 26 heavy (non-hydrogen) atoms. The van der Waals surface area contributed by atoms with E-state index in [0.29, 0.717) is 16.8 Å². The Bertz CT molecular complexity index is 948. The van der Waals surface area contributed by atoms with Crippen LogP contribution < -0.4 is 10.9 Å². The number of carbonyl (C=O) groups excluding carboxylic acids is 2. The van der Waals surface area contributed by atoms with Crippen LogP contribution in [0.4, 0.5) is 5.69 Å². The van der Waals surface area contributed by atoms with Gasteiger partial charge in [-0.25, -0.2) is 4.79 Å². The van der Waals surface area contributed by atoms with Gasteiger partial charge in [-0.05, 0) is 31.5 Å². The van der Waals surface area contributed by atoms with Gasteiger partial charge in [0, 0.05) is 35.5 Å². The molecule has 1 aromatic carbocycles. The fourth-order valence-electron chi connectivity index (χ4n) is 2.46. The Morgan fingerprint density at radius 1 is 1.19 bits per heavy atom. The highest BCUT2D eigenvalue weighted by Crippen LogP contribution is 2.18. The molecule has 0 saturated heterocycles. The zero-order chi connectivity index (χ0) is 19.4. The highest BCUT2D eigenvalue weighted by Gasteiger charge is 2.18. The predicted octanol–water partition coefficient (Wildman–Crippen LogP) is 1.62. The number of ether oxygens (including phenoxy) is 1. The quantitative estimate of drug-likeness (QED) is 0.474. The Morgan fingerprint density at radius 3 is 2.42 bits per heavy atom. The minimum Gasteiger partial charge on any atom is -0.465 e. The van der Waals surface area contributed by atoms with Crippen molar-refractivity contribution in [2.75, 3.05) is 7.11 Å². The second kappa shape index (κ2) is 7.60. The molecule has 0 aliphatic rings. The first kappa shape index (κ1) is 18.8. The summed E-state index contributed by atoms with van der Waals surface area (Å²) in [6.07, 6.45) is 0. The van der Waals surface area contributed by atoms with Crippen LogP contribution in [0, 0.1) is 24.0 Å². The number of benzene rings is 1. The molecule has 0 unspecified atom stereocenters. The summed E-state index contributed by atoms with van der Waals surface area (Å²) in [5.41, 5.74) is 0.851.